The number of β-amino-alcohol motifs (C(OH)–C–C–N with tert-alkyl or cyclic N) is 1. The van der Waals surface area contributed by atoms with E-state index in [9.17, 15) is 26.7 Å². The van der Waals surface area contributed by atoms with E-state index in [1.165, 1.54) is 34.8 Å². The van der Waals surface area contributed by atoms with E-state index in [0.29, 0.717) is 48.0 Å². The van der Waals surface area contributed by atoms with Crippen molar-refractivity contribution in [3.05, 3.63) is 35.0 Å². The van der Waals surface area contributed by atoms with Gasteiger partial charge < -0.3 is 14.9 Å². The number of aliphatic hydroxyl groups is 1. The number of hydrogen-bond donors (Lipinski definition) is 1. The van der Waals surface area contributed by atoms with Crippen LogP contribution >= 0.6 is 11.8 Å². The first-order valence-corrected chi connectivity index (χ1v) is 18.2. The molecule has 0 spiro atoms. The summed E-state index contributed by atoms with van der Waals surface area (Å²) >= 11 is 1.21. The van der Waals surface area contributed by atoms with Crippen LogP contribution in [0.2, 0.25) is 0 Å². The van der Waals surface area contributed by atoms with Gasteiger partial charge in [0.1, 0.15) is 0 Å². The summed E-state index contributed by atoms with van der Waals surface area (Å²) in [5.41, 5.74) is 1.87. The van der Waals surface area contributed by atoms with Crippen molar-refractivity contribution >= 4 is 21.8 Å². The fourth-order valence-electron chi connectivity index (χ4n) is 6.42. The summed E-state index contributed by atoms with van der Waals surface area (Å²) in [5, 5.41) is 15.8. The number of fused-ring (bicyclic) bond motifs is 1. The summed E-state index contributed by atoms with van der Waals surface area (Å²) in [6.45, 7) is 7.96. The molecule has 43 heavy (non-hydrogen) atoms. The zero-order valence-corrected chi connectivity index (χ0v) is 26.8. The van der Waals surface area contributed by atoms with E-state index in [1.54, 1.807) is 10.7 Å². The molecule has 1 aromatic carbocycles. The Morgan fingerprint density at radius 1 is 1.05 bits per heavy atom. The lowest BCUT2D eigenvalue weighted by molar-refractivity contribution is -0.139. The SMILES string of the molecule is CC1CCN(CCSc2cc(-c3nn(C[C@@H](O)CN4CCCCC4)c4c3CN(S(C)(=O)=O)CC4)ccc2C(F)(F)F)CC1. The molecule has 1 aromatic heterocycles. The van der Waals surface area contributed by atoms with E-state index in [-0.39, 0.29) is 18.0 Å². The van der Waals surface area contributed by atoms with Crippen LogP contribution in [0.4, 0.5) is 13.2 Å². The van der Waals surface area contributed by atoms with E-state index in [2.05, 4.69) is 16.7 Å². The van der Waals surface area contributed by atoms with E-state index >= 15 is 0 Å². The number of alkyl halides is 3. The van der Waals surface area contributed by atoms with Gasteiger partial charge >= 0.3 is 6.18 Å². The van der Waals surface area contributed by atoms with Gasteiger partial charge in [0.15, 0.2) is 0 Å². The van der Waals surface area contributed by atoms with Crippen molar-refractivity contribution in [2.45, 2.75) is 75.7 Å². The summed E-state index contributed by atoms with van der Waals surface area (Å²) in [7, 11) is -3.48. The minimum atomic E-state index is -4.49. The molecule has 2 saturated heterocycles. The third-order valence-electron chi connectivity index (χ3n) is 8.97. The topological polar surface area (TPSA) is 81.9 Å². The second-order valence-electron chi connectivity index (χ2n) is 12.4. The summed E-state index contributed by atoms with van der Waals surface area (Å²) in [5.74, 6) is 1.23. The summed E-state index contributed by atoms with van der Waals surface area (Å²) in [6, 6.07) is 4.12. The monoisotopic (exact) mass is 643 g/mol. The number of likely N-dealkylation sites (tertiary alicyclic amines) is 2. The molecule has 0 saturated carbocycles. The second kappa shape index (κ2) is 13.8. The van der Waals surface area contributed by atoms with E-state index in [4.69, 9.17) is 5.10 Å². The van der Waals surface area contributed by atoms with Gasteiger partial charge in [-0.25, -0.2) is 8.42 Å². The summed E-state index contributed by atoms with van der Waals surface area (Å²) in [4.78, 5) is 4.72. The Balaban J connectivity index is 1.42. The first-order valence-electron chi connectivity index (χ1n) is 15.4. The van der Waals surface area contributed by atoms with Crippen LogP contribution in [0.15, 0.2) is 23.1 Å². The lowest BCUT2D eigenvalue weighted by Gasteiger charge is -2.30. The maximum atomic E-state index is 14.1. The van der Waals surface area contributed by atoms with Gasteiger partial charge in [0, 0.05) is 60.1 Å². The Morgan fingerprint density at radius 2 is 1.77 bits per heavy atom. The Morgan fingerprint density at radius 3 is 2.44 bits per heavy atom. The van der Waals surface area contributed by atoms with Crippen molar-refractivity contribution in [1.29, 1.82) is 0 Å². The molecule has 0 bridgehead atoms. The average Bonchev–Trinajstić information content (AvgIpc) is 3.31. The highest BCUT2D eigenvalue weighted by atomic mass is 32.2. The highest BCUT2D eigenvalue weighted by Gasteiger charge is 2.35. The first kappa shape index (κ1) is 32.7. The van der Waals surface area contributed by atoms with Gasteiger partial charge in [-0.05, 0) is 69.9 Å². The number of benzene rings is 1. The minimum absolute atomic E-state index is 0.0998. The van der Waals surface area contributed by atoms with Gasteiger partial charge in [0.2, 0.25) is 10.0 Å². The molecule has 1 atom stereocenters. The number of aromatic nitrogens is 2. The molecule has 4 heterocycles. The van der Waals surface area contributed by atoms with Gasteiger partial charge in [-0.2, -0.15) is 22.6 Å². The fourth-order valence-corrected chi connectivity index (χ4v) is 8.33. The molecule has 0 unspecified atom stereocenters. The standard InChI is InChI=1S/C30H44F3N5O3S2/c1-22-8-13-35(14-9-22)16-17-42-28-18-23(6-7-26(28)30(31,32)33)29-25-21-37(43(2,40)41)15-10-27(25)38(34-29)20-24(39)19-36-11-4-3-5-12-36/h6-7,18,22,24,39H,3-5,8-17,19-21H2,1-2H3/t24-/m0/s1. The van der Waals surface area contributed by atoms with E-state index < -0.39 is 27.9 Å². The van der Waals surface area contributed by atoms with Crippen LogP contribution in [-0.4, -0.2) is 101 Å². The average molecular weight is 644 g/mol. The third kappa shape index (κ3) is 8.35. The van der Waals surface area contributed by atoms with Gasteiger partial charge in [0.05, 0.1) is 30.2 Å². The quantitative estimate of drug-likeness (QED) is 0.381. The highest BCUT2D eigenvalue weighted by molar-refractivity contribution is 7.99. The third-order valence-corrected chi connectivity index (χ3v) is 11.3. The van der Waals surface area contributed by atoms with Crippen molar-refractivity contribution in [2.75, 3.05) is 57.8 Å². The molecule has 240 valence electrons. The molecule has 0 amide bonds. The lowest BCUT2D eigenvalue weighted by Crippen LogP contribution is -2.39. The Kier molecular flexibility index (Phi) is 10.5. The normalized spacial score (nSPS) is 20.8. The van der Waals surface area contributed by atoms with Gasteiger partial charge in [-0.3, -0.25) is 4.68 Å². The summed E-state index contributed by atoms with van der Waals surface area (Å²) in [6.07, 6.45) is 2.07. The number of aliphatic hydroxyl groups excluding tert-OH is 1. The molecule has 0 radical (unpaired) electrons. The fraction of sp³-hybridized carbons (Fsp3) is 0.700. The van der Waals surface area contributed by atoms with E-state index in [1.807, 2.05) is 0 Å². The Bertz CT molecular complexity index is 1350. The molecule has 3 aliphatic rings. The second-order valence-corrected chi connectivity index (χ2v) is 15.5. The minimum Gasteiger partial charge on any atom is -0.390 e. The Labute approximate surface area is 257 Å². The van der Waals surface area contributed by atoms with Gasteiger partial charge in [-0.15, -0.1) is 11.8 Å². The molecule has 13 heteroatoms. The number of piperidine rings is 2. The molecule has 2 fully saturated rings. The predicted molar refractivity (Wildman–Crippen MR) is 163 cm³/mol. The largest absolute Gasteiger partial charge is 0.417 e. The molecule has 0 aliphatic carbocycles. The number of thioether (sulfide) groups is 1. The van der Waals surface area contributed by atoms with Crippen LogP contribution in [0.5, 0.6) is 0 Å². The molecule has 3 aliphatic heterocycles. The molecule has 1 N–H and O–H groups in total. The molecule has 8 nitrogen and oxygen atoms in total. The van der Waals surface area contributed by atoms with Crippen LogP contribution in [0.25, 0.3) is 11.3 Å². The molecular formula is C30H44F3N5O3S2. The number of halogens is 3. The molecule has 5 rings (SSSR count). The van der Waals surface area contributed by atoms with Crippen molar-refractivity contribution in [3.63, 3.8) is 0 Å². The number of nitrogens with zero attached hydrogens (tertiary/aromatic N) is 5. The van der Waals surface area contributed by atoms with Crippen LogP contribution in [0, 0.1) is 5.92 Å². The van der Waals surface area contributed by atoms with Crippen molar-refractivity contribution in [1.82, 2.24) is 23.9 Å². The van der Waals surface area contributed by atoms with Gasteiger partial charge in [0.25, 0.3) is 0 Å². The smallest absolute Gasteiger partial charge is 0.390 e. The maximum Gasteiger partial charge on any atom is 0.417 e. The van der Waals surface area contributed by atoms with Gasteiger partial charge in [-0.1, -0.05) is 19.4 Å². The van der Waals surface area contributed by atoms with E-state index in [0.717, 1.165) is 70.2 Å². The molecular weight excluding hydrogens is 599 g/mol. The van der Waals surface area contributed by atoms with Crippen molar-refractivity contribution in [3.8, 4) is 11.3 Å². The Hall–Kier alpha value is -1.64. The van der Waals surface area contributed by atoms with Crippen LogP contribution < -0.4 is 0 Å². The first-order chi connectivity index (χ1) is 20.4. The number of hydrogen-bond acceptors (Lipinski definition) is 7. The highest BCUT2D eigenvalue weighted by Crippen LogP contribution is 2.40. The predicted octanol–water partition coefficient (Wildman–Crippen LogP) is 4.56. The molecule has 2 aromatic rings. The maximum absolute atomic E-state index is 14.1. The zero-order valence-electron chi connectivity index (χ0n) is 25.2. The lowest BCUT2D eigenvalue weighted by atomic mass is 9.99. The van der Waals surface area contributed by atoms with Crippen molar-refractivity contribution in [2.24, 2.45) is 5.92 Å². The number of sulfonamides is 1. The number of rotatable bonds is 10. The van der Waals surface area contributed by atoms with Crippen LogP contribution in [0.3, 0.4) is 0 Å². The van der Waals surface area contributed by atoms with Crippen LogP contribution in [-0.2, 0) is 35.7 Å². The zero-order chi connectivity index (χ0) is 30.8. The van der Waals surface area contributed by atoms with Crippen LogP contribution in [0.1, 0.15) is 55.8 Å². The van der Waals surface area contributed by atoms with Crippen molar-refractivity contribution < 1.29 is 26.7 Å². The summed E-state index contributed by atoms with van der Waals surface area (Å²) < 4.78 is 70.2.